The molecule has 1 aromatic rings. The number of rotatable bonds is 5. The lowest BCUT2D eigenvalue weighted by atomic mass is 9.86. The number of benzene rings is 1. The second-order valence-corrected chi connectivity index (χ2v) is 9.63. The summed E-state index contributed by atoms with van der Waals surface area (Å²) >= 11 is 30.2. The van der Waals surface area contributed by atoms with Crippen molar-refractivity contribution in [3.63, 3.8) is 0 Å². The molecule has 0 radical (unpaired) electrons. The zero-order chi connectivity index (χ0) is 17.2. The summed E-state index contributed by atoms with van der Waals surface area (Å²) in [6, 6.07) is 0. The van der Waals surface area contributed by atoms with E-state index in [-0.39, 0.29) is 50.2 Å². The fourth-order valence-corrected chi connectivity index (χ4v) is 4.85. The lowest BCUT2D eigenvalue weighted by molar-refractivity contribution is 0.108. The van der Waals surface area contributed by atoms with Gasteiger partial charge in [0.2, 0.25) is 0 Å². The summed E-state index contributed by atoms with van der Waals surface area (Å²) < 4.78 is 0. The summed E-state index contributed by atoms with van der Waals surface area (Å²) in [7, 11) is 0.0638. The molecule has 0 saturated carbocycles. The first-order valence-corrected chi connectivity index (χ1v) is 9.85. The van der Waals surface area contributed by atoms with E-state index in [0.717, 1.165) is 12.6 Å². The third-order valence-corrected chi connectivity index (χ3v) is 6.76. The van der Waals surface area contributed by atoms with E-state index in [2.05, 4.69) is 27.7 Å². The lowest BCUT2D eigenvalue weighted by Gasteiger charge is -2.23. The predicted octanol–water partition coefficient (Wildman–Crippen LogP) is 7.84. The molecule has 0 heterocycles. The summed E-state index contributed by atoms with van der Waals surface area (Å²) in [6.07, 6.45) is 1.82. The largest absolute Gasteiger partial charge is 0.289 e. The van der Waals surface area contributed by atoms with Gasteiger partial charge in [0.25, 0.3) is 0 Å². The highest BCUT2D eigenvalue weighted by atomic mass is 35.5. The van der Waals surface area contributed by atoms with Gasteiger partial charge in [-0.3, -0.25) is 4.79 Å². The monoisotopic (exact) mass is 420 g/mol. The van der Waals surface area contributed by atoms with Crippen LogP contribution in [0.3, 0.4) is 0 Å². The number of carbonyl (C=O) groups is 1. The summed E-state index contributed by atoms with van der Waals surface area (Å²) in [5.41, 5.74) is 0.259. The van der Waals surface area contributed by atoms with E-state index in [1.54, 1.807) is 0 Å². The Hall–Kier alpha value is 0.770. The van der Waals surface area contributed by atoms with E-state index in [0.29, 0.717) is 5.92 Å². The molecule has 22 heavy (non-hydrogen) atoms. The quantitative estimate of drug-likeness (QED) is 0.268. The average Bonchev–Trinajstić information content (AvgIpc) is 2.39. The van der Waals surface area contributed by atoms with Crippen molar-refractivity contribution >= 4 is 72.1 Å². The average molecular weight is 423 g/mol. The molecule has 0 spiro atoms. The van der Waals surface area contributed by atoms with Crippen LogP contribution < -0.4 is 0 Å². The van der Waals surface area contributed by atoms with E-state index in [9.17, 15) is 4.79 Å². The molecule has 7 heteroatoms. The van der Waals surface area contributed by atoms with Crippen LogP contribution in [0, 0.1) is 11.3 Å². The van der Waals surface area contributed by atoms with Crippen LogP contribution in [-0.2, 0) is 0 Å². The molecule has 0 N–H and O–H groups in total. The second-order valence-electron chi connectivity index (χ2n) is 6.52. The third-order valence-electron chi connectivity index (χ3n) is 3.01. The van der Waals surface area contributed by atoms with Gasteiger partial charge in [-0.1, -0.05) is 85.7 Å². The van der Waals surface area contributed by atoms with Gasteiger partial charge in [-0.2, -0.15) is 0 Å². The normalized spacial score (nSPS) is 13.9. The van der Waals surface area contributed by atoms with Crippen LogP contribution >= 0.6 is 66.6 Å². The number of carbonyl (C=O) groups excluding carboxylic acids is 1. The summed E-state index contributed by atoms with van der Waals surface area (Å²) in [6.45, 7) is 8.68. The Morgan fingerprint density at radius 2 is 1.36 bits per heavy atom. The van der Waals surface area contributed by atoms with Gasteiger partial charge in [0, 0.05) is 0 Å². The number of halogens is 5. The van der Waals surface area contributed by atoms with E-state index in [1.807, 2.05) is 0 Å². The topological polar surface area (TPSA) is 17.1 Å². The molecular weight excluding hydrogens is 404 g/mol. The summed E-state index contributed by atoms with van der Waals surface area (Å²) in [5.74, 6) is 0.429. The Bertz CT molecular complexity index is 551. The fraction of sp³-hybridized carbons (Fsp3) is 0.533. The van der Waals surface area contributed by atoms with Gasteiger partial charge in [0.1, 0.15) is 0 Å². The Morgan fingerprint density at radius 3 is 1.77 bits per heavy atom. The maximum absolute atomic E-state index is 12.5. The van der Waals surface area contributed by atoms with E-state index < -0.39 is 0 Å². The molecule has 0 fully saturated rings. The molecule has 1 nitrogen and oxygen atoms in total. The van der Waals surface area contributed by atoms with Crippen LogP contribution in [-0.4, -0.2) is 11.7 Å². The maximum Gasteiger partial charge on any atom is 0.184 e. The number of hydrogen-bond acceptors (Lipinski definition) is 1. The van der Waals surface area contributed by atoms with Crippen molar-refractivity contribution < 1.29 is 4.79 Å². The van der Waals surface area contributed by atoms with Crippen LogP contribution in [0.5, 0.6) is 0 Å². The molecule has 2 atom stereocenters. The minimum atomic E-state index is -0.142. The van der Waals surface area contributed by atoms with Crippen molar-refractivity contribution in [1.29, 1.82) is 0 Å². The van der Waals surface area contributed by atoms with Crippen LogP contribution in [0.25, 0.3) is 0 Å². The zero-order valence-electron chi connectivity index (χ0n) is 12.8. The molecule has 0 aromatic heterocycles. The van der Waals surface area contributed by atoms with Crippen molar-refractivity contribution in [3.8, 4) is 0 Å². The van der Waals surface area contributed by atoms with E-state index in [4.69, 9.17) is 58.0 Å². The SMILES string of the molecule is CC(CPC(=O)c1c(Cl)c(Cl)c(Cl)c(Cl)c1Cl)CC(C)(C)C. The third kappa shape index (κ3) is 5.40. The molecule has 0 bridgehead atoms. The van der Waals surface area contributed by atoms with Gasteiger partial charge in [0.15, 0.2) is 5.52 Å². The van der Waals surface area contributed by atoms with E-state index in [1.165, 1.54) is 0 Å². The first kappa shape index (κ1) is 20.8. The highest BCUT2D eigenvalue weighted by Gasteiger charge is 2.24. The zero-order valence-corrected chi connectivity index (χ0v) is 17.6. The first-order valence-electron chi connectivity index (χ1n) is 6.75. The second kappa shape index (κ2) is 8.24. The van der Waals surface area contributed by atoms with Crippen LogP contribution in [0.2, 0.25) is 25.1 Å². The molecule has 0 aliphatic rings. The van der Waals surface area contributed by atoms with Crippen molar-refractivity contribution in [1.82, 2.24) is 0 Å². The van der Waals surface area contributed by atoms with Gasteiger partial charge in [-0.05, 0) is 32.5 Å². The Morgan fingerprint density at radius 1 is 0.955 bits per heavy atom. The smallest absolute Gasteiger partial charge is 0.184 e. The Balaban J connectivity index is 2.92. The molecule has 0 amide bonds. The van der Waals surface area contributed by atoms with Crippen molar-refractivity contribution in [2.45, 2.75) is 34.1 Å². The van der Waals surface area contributed by atoms with Crippen molar-refractivity contribution in [3.05, 3.63) is 30.7 Å². The van der Waals surface area contributed by atoms with Crippen molar-refractivity contribution in [2.24, 2.45) is 11.3 Å². The van der Waals surface area contributed by atoms with Gasteiger partial charge in [-0.25, -0.2) is 0 Å². The lowest BCUT2D eigenvalue weighted by Crippen LogP contribution is -2.13. The molecular formula is C15H18Cl5OP. The highest BCUT2D eigenvalue weighted by Crippen LogP contribution is 2.45. The van der Waals surface area contributed by atoms with Gasteiger partial charge in [0.05, 0.1) is 30.7 Å². The van der Waals surface area contributed by atoms with E-state index >= 15 is 0 Å². The summed E-state index contributed by atoms with van der Waals surface area (Å²) in [5, 5.41) is 0.339. The molecule has 2 unspecified atom stereocenters. The first-order chi connectivity index (χ1) is 9.95. The summed E-state index contributed by atoms with van der Waals surface area (Å²) in [4.78, 5) is 12.5. The Labute approximate surface area is 158 Å². The minimum Gasteiger partial charge on any atom is -0.289 e. The maximum atomic E-state index is 12.5. The highest BCUT2D eigenvalue weighted by molar-refractivity contribution is 7.58. The molecule has 1 aromatic carbocycles. The van der Waals surface area contributed by atoms with Crippen LogP contribution in [0.15, 0.2) is 0 Å². The van der Waals surface area contributed by atoms with Crippen molar-refractivity contribution in [2.75, 3.05) is 6.16 Å². The Kier molecular flexibility index (Phi) is 7.79. The standard InChI is InChI=1S/C15H18Cl5OP/c1-7(5-15(2,3)4)6-22-14(21)8-9(16)11(18)13(20)12(19)10(8)17/h7,22H,5-6H2,1-4H3. The van der Waals surface area contributed by atoms with Crippen LogP contribution in [0.1, 0.15) is 44.5 Å². The minimum absolute atomic E-state index is 0.0635. The van der Waals surface area contributed by atoms with Crippen LogP contribution in [0.4, 0.5) is 0 Å². The van der Waals surface area contributed by atoms with Gasteiger partial charge in [-0.15, -0.1) is 0 Å². The molecule has 0 aliphatic heterocycles. The molecule has 0 saturated heterocycles. The molecule has 124 valence electrons. The van der Waals surface area contributed by atoms with Gasteiger partial charge >= 0.3 is 0 Å². The molecule has 1 rings (SSSR count). The predicted molar refractivity (Wildman–Crippen MR) is 102 cm³/mol. The van der Waals surface area contributed by atoms with Gasteiger partial charge < -0.3 is 0 Å². The number of hydrogen-bond donors (Lipinski definition) is 0. The molecule has 0 aliphatic carbocycles. The fourth-order valence-electron chi connectivity index (χ4n) is 2.28.